The fraction of sp³-hybridized carbons (Fsp3) is 0.333. The van der Waals surface area contributed by atoms with Crippen LogP contribution in [0.25, 0.3) is 17.2 Å². The van der Waals surface area contributed by atoms with Gasteiger partial charge < -0.3 is 0 Å². The second-order valence-corrected chi connectivity index (χ2v) is 6.10. The molecule has 21 heavy (non-hydrogen) atoms. The van der Waals surface area contributed by atoms with Crippen molar-refractivity contribution >= 4 is 6.08 Å². The van der Waals surface area contributed by atoms with Crippen LogP contribution in [0.4, 0.5) is 0 Å². The molecule has 0 aliphatic heterocycles. The van der Waals surface area contributed by atoms with Crippen molar-refractivity contribution in [2.75, 3.05) is 0 Å². The third-order valence-corrected chi connectivity index (χ3v) is 4.47. The van der Waals surface area contributed by atoms with Crippen molar-refractivity contribution in [3.63, 3.8) is 0 Å². The quantitative estimate of drug-likeness (QED) is 0.659. The molecule has 0 saturated carbocycles. The van der Waals surface area contributed by atoms with Gasteiger partial charge in [-0.25, -0.2) is 0 Å². The van der Waals surface area contributed by atoms with E-state index in [-0.39, 0.29) is 0 Å². The monoisotopic (exact) mass is 276 g/mol. The van der Waals surface area contributed by atoms with Crippen LogP contribution in [0.15, 0.2) is 42.0 Å². The van der Waals surface area contributed by atoms with Crippen LogP contribution in [-0.4, -0.2) is 0 Å². The minimum atomic E-state index is 1.09. The van der Waals surface area contributed by atoms with E-state index < -0.39 is 0 Å². The summed E-state index contributed by atoms with van der Waals surface area (Å²) in [6, 6.07) is 13.6. The highest BCUT2D eigenvalue weighted by atomic mass is 14.2. The molecule has 1 aliphatic rings. The van der Waals surface area contributed by atoms with Gasteiger partial charge in [-0.1, -0.05) is 68.3 Å². The van der Waals surface area contributed by atoms with Crippen LogP contribution in [0.1, 0.15) is 49.4 Å². The summed E-state index contributed by atoms with van der Waals surface area (Å²) < 4.78 is 0. The Kier molecular flexibility index (Phi) is 3.96. The smallest absolute Gasteiger partial charge is 0.00604 e. The van der Waals surface area contributed by atoms with Gasteiger partial charge in [0.2, 0.25) is 0 Å². The number of aryl methyl sites for hydroxylation is 2. The van der Waals surface area contributed by atoms with Crippen LogP contribution in [0.2, 0.25) is 0 Å². The number of fused-ring (bicyclic) bond motifs is 1. The predicted octanol–water partition coefficient (Wildman–Crippen LogP) is 5.83. The second kappa shape index (κ2) is 5.89. The van der Waals surface area contributed by atoms with E-state index in [1.165, 1.54) is 45.4 Å². The van der Waals surface area contributed by atoms with Gasteiger partial charge in [0.15, 0.2) is 0 Å². The van der Waals surface area contributed by atoms with Gasteiger partial charge in [0.05, 0.1) is 0 Å². The van der Waals surface area contributed by atoms with Crippen molar-refractivity contribution < 1.29 is 0 Å². The standard InChI is InChI=1S/C21H24/c1-4-8-17-11-12-18-13-15(3)14-20(18)21(17)19-10-7-6-9-16(19)5-2/h6-7,9-12,14H,4-5,8,13H2,1-3H3. The van der Waals surface area contributed by atoms with E-state index in [4.69, 9.17) is 0 Å². The Bertz CT molecular complexity index is 689. The highest BCUT2D eigenvalue weighted by Gasteiger charge is 2.19. The maximum atomic E-state index is 2.40. The van der Waals surface area contributed by atoms with E-state index >= 15 is 0 Å². The molecular weight excluding hydrogens is 252 g/mol. The fourth-order valence-electron chi connectivity index (χ4n) is 3.49. The second-order valence-electron chi connectivity index (χ2n) is 6.10. The Hall–Kier alpha value is -1.82. The van der Waals surface area contributed by atoms with Crippen molar-refractivity contribution in [1.82, 2.24) is 0 Å². The summed E-state index contributed by atoms with van der Waals surface area (Å²) in [6.07, 6.45) is 6.96. The van der Waals surface area contributed by atoms with Crippen LogP contribution in [0.5, 0.6) is 0 Å². The van der Waals surface area contributed by atoms with E-state index in [2.05, 4.69) is 63.2 Å². The zero-order chi connectivity index (χ0) is 14.8. The molecule has 0 unspecified atom stereocenters. The third-order valence-electron chi connectivity index (χ3n) is 4.47. The van der Waals surface area contributed by atoms with Crippen LogP contribution in [0, 0.1) is 0 Å². The molecular formula is C21H24. The van der Waals surface area contributed by atoms with Crippen molar-refractivity contribution in [2.45, 2.75) is 46.5 Å². The molecule has 0 nitrogen and oxygen atoms in total. The summed E-state index contributed by atoms with van der Waals surface area (Å²) in [4.78, 5) is 0. The molecule has 0 bridgehead atoms. The van der Waals surface area contributed by atoms with Gasteiger partial charge in [0, 0.05) is 0 Å². The minimum Gasteiger partial charge on any atom is -0.0683 e. The Balaban J connectivity index is 2.27. The number of benzene rings is 2. The molecule has 0 fully saturated rings. The average molecular weight is 276 g/mol. The molecule has 0 N–H and O–H groups in total. The lowest BCUT2D eigenvalue weighted by Gasteiger charge is -2.17. The van der Waals surface area contributed by atoms with Gasteiger partial charge in [0.25, 0.3) is 0 Å². The van der Waals surface area contributed by atoms with E-state index in [0.717, 1.165) is 19.3 Å². The molecule has 2 aromatic rings. The van der Waals surface area contributed by atoms with Crippen molar-refractivity contribution in [1.29, 1.82) is 0 Å². The summed E-state index contributed by atoms with van der Waals surface area (Å²) in [6.45, 7) is 6.77. The van der Waals surface area contributed by atoms with E-state index in [0.29, 0.717) is 0 Å². The first-order chi connectivity index (χ1) is 10.2. The lowest BCUT2D eigenvalue weighted by atomic mass is 9.87. The normalized spacial score (nSPS) is 13.2. The van der Waals surface area contributed by atoms with E-state index in [1.54, 1.807) is 0 Å². The molecule has 3 rings (SSSR count). The zero-order valence-corrected chi connectivity index (χ0v) is 13.4. The lowest BCUT2D eigenvalue weighted by molar-refractivity contribution is 0.921. The van der Waals surface area contributed by atoms with Crippen LogP contribution >= 0.6 is 0 Å². The van der Waals surface area contributed by atoms with Crippen LogP contribution < -0.4 is 0 Å². The van der Waals surface area contributed by atoms with Crippen molar-refractivity contribution in [3.05, 3.63) is 64.2 Å². The Labute approximate surface area is 128 Å². The van der Waals surface area contributed by atoms with Crippen LogP contribution in [0.3, 0.4) is 0 Å². The SMILES string of the molecule is CCCc1ccc2c(c1-c1ccccc1CC)C=C(C)C2. The molecule has 0 saturated heterocycles. The van der Waals surface area contributed by atoms with Crippen molar-refractivity contribution in [2.24, 2.45) is 0 Å². The zero-order valence-electron chi connectivity index (χ0n) is 13.4. The largest absolute Gasteiger partial charge is 0.0683 e. The predicted molar refractivity (Wildman–Crippen MR) is 92.6 cm³/mol. The van der Waals surface area contributed by atoms with Gasteiger partial charge in [-0.2, -0.15) is 0 Å². The molecule has 0 atom stereocenters. The molecule has 0 amide bonds. The summed E-state index contributed by atoms with van der Waals surface area (Å²) in [5.41, 5.74) is 10.3. The lowest BCUT2D eigenvalue weighted by Crippen LogP contribution is -1.98. The van der Waals surface area contributed by atoms with Crippen LogP contribution in [-0.2, 0) is 19.3 Å². The Morgan fingerprint density at radius 1 is 0.952 bits per heavy atom. The first-order valence-corrected chi connectivity index (χ1v) is 8.14. The average Bonchev–Trinajstić information content (AvgIpc) is 2.88. The number of hydrogen-bond acceptors (Lipinski definition) is 0. The first kappa shape index (κ1) is 14.1. The molecule has 108 valence electrons. The molecule has 1 aliphatic carbocycles. The van der Waals surface area contributed by atoms with Gasteiger partial charge in [0.1, 0.15) is 0 Å². The summed E-state index contributed by atoms with van der Waals surface area (Å²) in [7, 11) is 0. The molecule has 0 heteroatoms. The Morgan fingerprint density at radius 2 is 1.76 bits per heavy atom. The summed E-state index contributed by atoms with van der Waals surface area (Å²) in [5, 5.41) is 0. The summed E-state index contributed by atoms with van der Waals surface area (Å²) >= 11 is 0. The molecule has 0 aromatic heterocycles. The molecule has 2 aromatic carbocycles. The highest BCUT2D eigenvalue weighted by Crippen LogP contribution is 2.38. The topological polar surface area (TPSA) is 0 Å². The van der Waals surface area contributed by atoms with Gasteiger partial charge >= 0.3 is 0 Å². The maximum Gasteiger partial charge on any atom is -0.00604 e. The molecule has 0 spiro atoms. The minimum absolute atomic E-state index is 1.09. The van der Waals surface area contributed by atoms with Crippen molar-refractivity contribution in [3.8, 4) is 11.1 Å². The van der Waals surface area contributed by atoms with E-state index in [9.17, 15) is 0 Å². The molecule has 0 radical (unpaired) electrons. The number of hydrogen-bond donors (Lipinski definition) is 0. The highest BCUT2D eigenvalue weighted by molar-refractivity contribution is 5.84. The number of allylic oxidation sites excluding steroid dienone is 1. The third kappa shape index (κ3) is 2.55. The summed E-state index contributed by atoms with van der Waals surface area (Å²) in [5.74, 6) is 0. The first-order valence-electron chi connectivity index (χ1n) is 8.14. The van der Waals surface area contributed by atoms with Gasteiger partial charge in [-0.05, 0) is 59.6 Å². The number of rotatable bonds is 4. The van der Waals surface area contributed by atoms with E-state index in [1.807, 2.05) is 0 Å². The fourth-order valence-corrected chi connectivity index (χ4v) is 3.49. The molecule has 0 heterocycles. The van der Waals surface area contributed by atoms with Gasteiger partial charge in [-0.15, -0.1) is 0 Å². The van der Waals surface area contributed by atoms with Gasteiger partial charge in [-0.3, -0.25) is 0 Å². The Morgan fingerprint density at radius 3 is 2.52 bits per heavy atom. The maximum absolute atomic E-state index is 2.40.